The first-order chi connectivity index (χ1) is 17.8. The summed E-state index contributed by atoms with van der Waals surface area (Å²) in [6.45, 7) is 3.61. The van der Waals surface area contributed by atoms with Crippen molar-refractivity contribution in [3.63, 3.8) is 0 Å². The fourth-order valence-corrected chi connectivity index (χ4v) is 4.93. The number of fused-ring (bicyclic) bond motifs is 1. The van der Waals surface area contributed by atoms with Gasteiger partial charge in [0.25, 0.3) is 11.8 Å². The monoisotopic (exact) mass is 498 g/mol. The molecule has 2 aliphatic heterocycles. The van der Waals surface area contributed by atoms with Gasteiger partial charge in [-0.2, -0.15) is 5.10 Å². The molecule has 1 N–H and O–H groups in total. The number of carbonyl (C=O) groups excluding carboxylic acids is 3. The van der Waals surface area contributed by atoms with Gasteiger partial charge in [0, 0.05) is 6.42 Å². The molecule has 5 rings (SSSR count). The maximum atomic E-state index is 13.5. The largest absolute Gasteiger partial charge is 0.497 e. The molecule has 0 aromatic heterocycles. The van der Waals surface area contributed by atoms with Gasteiger partial charge >= 0.3 is 6.03 Å². The number of imide groups is 1. The molecule has 8 nitrogen and oxygen atoms in total. The zero-order valence-corrected chi connectivity index (χ0v) is 21.2. The molecule has 0 radical (unpaired) electrons. The average Bonchev–Trinajstić information content (AvgIpc) is 3.45. The van der Waals surface area contributed by atoms with E-state index < -0.39 is 18.0 Å². The van der Waals surface area contributed by atoms with Crippen LogP contribution in [0.1, 0.15) is 43.9 Å². The van der Waals surface area contributed by atoms with Crippen LogP contribution < -0.4 is 10.1 Å². The van der Waals surface area contributed by atoms with E-state index >= 15 is 0 Å². The van der Waals surface area contributed by atoms with Gasteiger partial charge in [0.2, 0.25) is 0 Å². The van der Waals surface area contributed by atoms with Crippen LogP contribution in [-0.2, 0) is 9.59 Å². The van der Waals surface area contributed by atoms with E-state index in [-0.39, 0.29) is 24.4 Å². The van der Waals surface area contributed by atoms with Crippen LogP contribution in [0.3, 0.4) is 0 Å². The number of amides is 4. The summed E-state index contributed by atoms with van der Waals surface area (Å²) >= 11 is 0. The molecule has 3 aromatic carbocycles. The van der Waals surface area contributed by atoms with Gasteiger partial charge in [-0.15, -0.1) is 0 Å². The Morgan fingerprint density at radius 1 is 1.05 bits per heavy atom. The second-order valence-corrected chi connectivity index (χ2v) is 9.90. The van der Waals surface area contributed by atoms with Gasteiger partial charge in [-0.25, -0.2) is 9.80 Å². The van der Waals surface area contributed by atoms with Crippen LogP contribution in [0.25, 0.3) is 10.8 Å². The molecule has 0 bridgehead atoms. The van der Waals surface area contributed by atoms with E-state index in [0.29, 0.717) is 18.6 Å². The molecule has 2 atom stereocenters. The number of hydrogen-bond donors (Lipinski definition) is 1. The summed E-state index contributed by atoms with van der Waals surface area (Å²) in [6, 6.07) is 20.2. The summed E-state index contributed by atoms with van der Waals surface area (Å²) in [6.07, 6.45) is 1.03. The zero-order chi connectivity index (χ0) is 26.1. The van der Waals surface area contributed by atoms with Gasteiger partial charge < -0.3 is 10.1 Å². The normalized spacial score (nSPS) is 19.5. The third kappa shape index (κ3) is 4.91. The smallest absolute Gasteiger partial charge is 0.325 e. The van der Waals surface area contributed by atoms with Gasteiger partial charge in [-0.05, 0) is 52.4 Å². The summed E-state index contributed by atoms with van der Waals surface area (Å²) in [4.78, 5) is 39.9. The van der Waals surface area contributed by atoms with Crippen LogP contribution in [0.2, 0.25) is 0 Å². The number of nitrogens with one attached hydrogen (secondary N) is 1. The molecule has 0 saturated carbocycles. The van der Waals surface area contributed by atoms with Crippen LogP contribution in [-0.4, -0.2) is 53.2 Å². The molecule has 0 aliphatic carbocycles. The Morgan fingerprint density at radius 2 is 1.78 bits per heavy atom. The third-order valence-corrected chi connectivity index (χ3v) is 6.86. The summed E-state index contributed by atoms with van der Waals surface area (Å²) in [5.74, 6) is 0.166. The van der Waals surface area contributed by atoms with Gasteiger partial charge in [0.05, 0.1) is 18.9 Å². The van der Waals surface area contributed by atoms with Gasteiger partial charge in [0.15, 0.2) is 0 Å². The van der Waals surface area contributed by atoms with Crippen molar-refractivity contribution in [1.82, 2.24) is 15.2 Å². The first kappa shape index (κ1) is 24.5. The third-order valence-electron chi connectivity index (χ3n) is 6.86. The second-order valence-electron chi connectivity index (χ2n) is 9.90. The SMILES string of the molecule is COc1ccc([C@@H]2CC(c3ccc4ccccc4c3)=NN2C(=O)CN2C(=O)N[C@@H](CC(C)C)C2=O)cc1. The maximum Gasteiger partial charge on any atom is 0.325 e. The van der Waals surface area contributed by atoms with Crippen molar-refractivity contribution in [3.8, 4) is 5.75 Å². The number of urea groups is 1. The van der Waals surface area contributed by atoms with E-state index in [1.54, 1.807) is 7.11 Å². The minimum absolute atomic E-state index is 0.233. The lowest BCUT2D eigenvalue weighted by Gasteiger charge is -2.24. The number of hydrazone groups is 1. The molecule has 2 heterocycles. The lowest BCUT2D eigenvalue weighted by atomic mass is 9.97. The van der Waals surface area contributed by atoms with Crippen molar-refractivity contribution in [2.24, 2.45) is 11.0 Å². The highest BCUT2D eigenvalue weighted by Crippen LogP contribution is 2.34. The molecule has 8 heteroatoms. The number of carbonyl (C=O) groups is 3. The van der Waals surface area contributed by atoms with Crippen LogP contribution in [0, 0.1) is 5.92 Å². The molecule has 0 unspecified atom stereocenters. The molecule has 37 heavy (non-hydrogen) atoms. The predicted molar refractivity (Wildman–Crippen MR) is 141 cm³/mol. The van der Waals surface area contributed by atoms with E-state index in [2.05, 4.69) is 17.4 Å². The number of ether oxygens (including phenoxy) is 1. The van der Waals surface area contributed by atoms with Crippen molar-refractivity contribution >= 4 is 34.3 Å². The Kier molecular flexibility index (Phi) is 6.65. The van der Waals surface area contributed by atoms with E-state index in [0.717, 1.165) is 32.5 Å². The summed E-state index contributed by atoms with van der Waals surface area (Å²) < 4.78 is 5.29. The minimum Gasteiger partial charge on any atom is -0.497 e. The summed E-state index contributed by atoms with van der Waals surface area (Å²) in [5.41, 5.74) is 2.60. The Labute approximate surface area is 215 Å². The van der Waals surface area contributed by atoms with Crippen LogP contribution in [0.4, 0.5) is 4.79 Å². The molecule has 1 saturated heterocycles. The fourth-order valence-electron chi connectivity index (χ4n) is 4.93. The van der Waals surface area contributed by atoms with Crippen molar-refractivity contribution in [1.29, 1.82) is 0 Å². The van der Waals surface area contributed by atoms with E-state index in [1.165, 1.54) is 5.01 Å². The van der Waals surface area contributed by atoms with Crippen LogP contribution in [0.5, 0.6) is 5.75 Å². The molecular formula is C29H30N4O4. The lowest BCUT2D eigenvalue weighted by molar-refractivity contribution is -0.138. The Hall–Kier alpha value is -4.20. The first-order valence-corrected chi connectivity index (χ1v) is 12.5. The van der Waals surface area contributed by atoms with Crippen molar-refractivity contribution < 1.29 is 19.1 Å². The number of nitrogens with zero attached hydrogens (tertiary/aromatic N) is 3. The minimum atomic E-state index is -0.604. The first-order valence-electron chi connectivity index (χ1n) is 12.5. The Balaban J connectivity index is 1.44. The van der Waals surface area contributed by atoms with Crippen LogP contribution in [0.15, 0.2) is 71.8 Å². The highest BCUT2D eigenvalue weighted by atomic mass is 16.5. The van der Waals surface area contributed by atoms with E-state index in [9.17, 15) is 14.4 Å². The van der Waals surface area contributed by atoms with Gasteiger partial charge in [-0.3, -0.25) is 14.5 Å². The second kappa shape index (κ2) is 10.0. The maximum absolute atomic E-state index is 13.5. The fraction of sp³-hybridized carbons (Fsp3) is 0.310. The zero-order valence-electron chi connectivity index (χ0n) is 21.2. The number of rotatable bonds is 7. The highest BCUT2D eigenvalue weighted by Gasteiger charge is 2.41. The quantitative estimate of drug-likeness (QED) is 0.486. The standard InChI is InChI=1S/C29H30N4O4/c1-18(2)14-25-28(35)32(29(36)30-25)17-27(34)33-26(20-10-12-23(37-3)13-11-20)16-24(31-33)22-9-8-19-6-4-5-7-21(19)15-22/h4-13,15,18,25-26H,14,16-17H2,1-3H3,(H,30,36)/t25-,26-/m0/s1. The summed E-state index contributed by atoms with van der Waals surface area (Å²) in [5, 5.41) is 11.1. The Morgan fingerprint density at radius 3 is 2.49 bits per heavy atom. The number of benzene rings is 3. The molecule has 2 aliphatic rings. The van der Waals surface area contributed by atoms with Gasteiger partial charge in [-0.1, -0.05) is 62.4 Å². The molecule has 1 fully saturated rings. The average molecular weight is 499 g/mol. The van der Waals surface area contributed by atoms with Crippen LogP contribution >= 0.6 is 0 Å². The topological polar surface area (TPSA) is 91.3 Å². The van der Waals surface area contributed by atoms with Crippen molar-refractivity contribution in [3.05, 3.63) is 77.9 Å². The van der Waals surface area contributed by atoms with E-state index in [1.807, 2.05) is 68.4 Å². The van der Waals surface area contributed by atoms with Crippen molar-refractivity contribution in [2.75, 3.05) is 13.7 Å². The molecule has 4 amide bonds. The number of hydrogen-bond acceptors (Lipinski definition) is 5. The molecule has 3 aromatic rings. The molecular weight excluding hydrogens is 468 g/mol. The Bertz CT molecular complexity index is 1380. The molecule has 0 spiro atoms. The number of methoxy groups -OCH3 is 1. The molecule has 190 valence electrons. The van der Waals surface area contributed by atoms with Crippen molar-refractivity contribution in [2.45, 2.75) is 38.8 Å². The van der Waals surface area contributed by atoms with E-state index in [4.69, 9.17) is 9.84 Å². The predicted octanol–water partition coefficient (Wildman–Crippen LogP) is 4.49. The van der Waals surface area contributed by atoms with Gasteiger partial charge in [0.1, 0.15) is 18.3 Å². The highest BCUT2D eigenvalue weighted by molar-refractivity contribution is 6.08. The lowest BCUT2D eigenvalue weighted by Crippen LogP contribution is -2.41. The summed E-state index contributed by atoms with van der Waals surface area (Å²) in [7, 11) is 1.60.